The molecule has 0 aliphatic carbocycles. The van der Waals surface area contributed by atoms with Crippen LogP contribution in [0.4, 0.5) is 0 Å². The van der Waals surface area contributed by atoms with Crippen molar-refractivity contribution in [2.24, 2.45) is 5.11 Å². The zero-order valence-electron chi connectivity index (χ0n) is 17.0. The Kier molecular flexibility index (Phi) is 9.41. The van der Waals surface area contributed by atoms with Crippen molar-refractivity contribution < 1.29 is 8.54 Å². The number of hydrogen-bond donors (Lipinski definition) is 2. The second kappa shape index (κ2) is 11.0. The second-order valence-corrected chi connectivity index (χ2v) is 15.1. The van der Waals surface area contributed by atoms with Crippen LogP contribution in [-0.2, 0) is 8.54 Å². The van der Waals surface area contributed by atoms with E-state index < -0.39 is 16.9 Å². The standard InChI is InChI=1S/C20H33N3O2Si2/c1-7-15-26(4,5)25-27(6,24-18(2)3)16-11-14-22-17-20(23-21)19-12-9-8-10-13-19/h7-10,12-13,17,21-22H,1-2,11,14-16H2,3-6H3/b20-17-,23-21?. The van der Waals surface area contributed by atoms with Gasteiger partial charge < -0.3 is 13.9 Å². The summed E-state index contributed by atoms with van der Waals surface area (Å²) in [5.74, 6) is 0.708. The molecule has 5 nitrogen and oxygen atoms in total. The van der Waals surface area contributed by atoms with E-state index in [4.69, 9.17) is 14.1 Å². The molecule has 7 heteroatoms. The van der Waals surface area contributed by atoms with E-state index in [0.29, 0.717) is 11.5 Å². The van der Waals surface area contributed by atoms with Crippen molar-refractivity contribution in [3.05, 3.63) is 67.1 Å². The molecule has 0 fully saturated rings. The third kappa shape index (κ3) is 8.99. The Morgan fingerprint density at radius 1 is 1.26 bits per heavy atom. The van der Waals surface area contributed by atoms with Gasteiger partial charge in [-0.05, 0) is 39.0 Å². The Hall–Kier alpha value is -1.97. The van der Waals surface area contributed by atoms with Crippen molar-refractivity contribution in [1.29, 1.82) is 5.53 Å². The fraction of sp³-hybridized carbons (Fsp3) is 0.400. The molecule has 2 N–H and O–H groups in total. The maximum atomic E-state index is 7.36. The summed E-state index contributed by atoms with van der Waals surface area (Å²) >= 11 is 0. The van der Waals surface area contributed by atoms with E-state index in [1.54, 1.807) is 6.20 Å². The van der Waals surface area contributed by atoms with Gasteiger partial charge in [0.15, 0.2) is 8.32 Å². The average Bonchev–Trinajstić information content (AvgIpc) is 2.57. The summed E-state index contributed by atoms with van der Waals surface area (Å²) in [6, 6.07) is 11.5. The number of benzene rings is 1. The Bertz CT molecular complexity index is 662. The van der Waals surface area contributed by atoms with Crippen LogP contribution in [0.5, 0.6) is 0 Å². The summed E-state index contributed by atoms with van der Waals surface area (Å²) in [5.41, 5.74) is 8.90. The van der Waals surface area contributed by atoms with Gasteiger partial charge in [-0.1, -0.05) is 43.0 Å². The Balaban J connectivity index is 2.63. The molecule has 0 spiro atoms. The van der Waals surface area contributed by atoms with Gasteiger partial charge in [0.1, 0.15) is 5.70 Å². The highest BCUT2D eigenvalue weighted by Gasteiger charge is 2.39. The third-order valence-corrected chi connectivity index (χ3v) is 11.2. The molecule has 1 aromatic carbocycles. The minimum Gasteiger partial charge on any atom is -0.525 e. The fourth-order valence-corrected chi connectivity index (χ4v) is 10.9. The summed E-state index contributed by atoms with van der Waals surface area (Å²) in [6.45, 7) is 16.9. The molecule has 1 unspecified atom stereocenters. The van der Waals surface area contributed by atoms with Crippen molar-refractivity contribution in [2.45, 2.75) is 45.1 Å². The highest BCUT2D eigenvalue weighted by Crippen LogP contribution is 2.25. The van der Waals surface area contributed by atoms with Gasteiger partial charge in [-0.15, -0.1) is 6.58 Å². The summed E-state index contributed by atoms with van der Waals surface area (Å²) in [7, 11) is -4.18. The number of hydrogen-bond acceptors (Lipinski definition) is 5. The van der Waals surface area contributed by atoms with Gasteiger partial charge in [0.2, 0.25) is 0 Å². The van der Waals surface area contributed by atoms with Crippen LogP contribution in [0.25, 0.3) is 5.70 Å². The zero-order chi connectivity index (χ0) is 20.3. The number of rotatable bonds is 13. The van der Waals surface area contributed by atoms with Gasteiger partial charge in [-0.25, -0.2) is 5.53 Å². The smallest absolute Gasteiger partial charge is 0.385 e. The monoisotopic (exact) mass is 403 g/mol. The lowest BCUT2D eigenvalue weighted by Crippen LogP contribution is -2.48. The average molecular weight is 404 g/mol. The van der Waals surface area contributed by atoms with E-state index in [9.17, 15) is 0 Å². The third-order valence-electron chi connectivity index (χ3n) is 3.90. The van der Waals surface area contributed by atoms with Crippen LogP contribution in [-0.4, -0.2) is 23.4 Å². The van der Waals surface area contributed by atoms with E-state index in [1.165, 1.54) is 0 Å². The molecule has 0 saturated heterocycles. The highest BCUT2D eigenvalue weighted by molar-refractivity contribution is 6.83. The van der Waals surface area contributed by atoms with Crippen molar-refractivity contribution >= 4 is 22.6 Å². The fourth-order valence-electron chi connectivity index (χ4n) is 2.93. The van der Waals surface area contributed by atoms with E-state index in [1.807, 2.05) is 43.3 Å². The molecule has 0 aromatic heterocycles. The number of allylic oxidation sites excluding steroid dienone is 2. The minimum absolute atomic E-state index is 0.615. The first-order valence-corrected chi connectivity index (χ1v) is 14.9. The van der Waals surface area contributed by atoms with Gasteiger partial charge in [0.25, 0.3) is 0 Å². The molecular formula is C20H33N3O2Si2. The molecule has 148 valence electrons. The SMILES string of the molecule is C=CC[Si](C)(C)O[Si](C)(CCCN/C=C(\N=N)c1ccccc1)OC(=C)C. The molecule has 1 rings (SSSR count). The van der Waals surface area contributed by atoms with Crippen LogP contribution in [0.3, 0.4) is 0 Å². The van der Waals surface area contributed by atoms with Crippen molar-refractivity contribution in [2.75, 3.05) is 6.54 Å². The van der Waals surface area contributed by atoms with E-state index >= 15 is 0 Å². The normalized spacial score (nSPS) is 14.1. The summed E-state index contributed by atoms with van der Waals surface area (Å²) < 4.78 is 12.6. The summed E-state index contributed by atoms with van der Waals surface area (Å²) in [4.78, 5) is 0. The first kappa shape index (κ1) is 23.1. The van der Waals surface area contributed by atoms with E-state index in [2.05, 4.69) is 43.2 Å². The lowest BCUT2D eigenvalue weighted by atomic mass is 10.2. The molecule has 0 saturated carbocycles. The molecular weight excluding hydrogens is 370 g/mol. The van der Waals surface area contributed by atoms with Crippen LogP contribution in [0.15, 0.2) is 66.6 Å². The summed E-state index contributed by atoms with van der Waals surface area (Å²) in [6.07, 6.45) is 4.63. The molecule has 0 radical (unpaired) electrons. The molecule has 0 aliphatic rings. The van der Waals surface area contributed by atoms with Crippen LogP contribution < -0.4 is 5.32 Å². The van der Waals surface area contributed by atoms with Crippen LogP contribution >= 0.6 is 0 Å². The zero-order valence-corrected chi connectivity index (χ0v) is 19.0. The molecule has 0 aliphatic heterocycles. The van der Waals surface area contributed by atoms with Crippen LogP contribution in [0.2, 0.25) is 31.7 Å². The first-order valence-electron chi connectivity index (χ1n) is 9.23. The molecule has 1 aromatic rings. The summed E-state index contributed by atoms with van der Waals surface area (Å²) in [5, 5.41) is 6.86. The van der Waals surface area contributed by atoms with Gasteiger partial charge >= 0.3 is 8.56 Å². The molecule has 0 amide bonds. The predicted molar refractivity (Wildman–Crippen MR) is 118 cm³/mol. The molecule has 0 heterocycles. The largest absolute Gasteiger partial charge is 0.525 e. The maximum absolute atomic E-state index is 7.36. The maximum Gasteiger partial charge on any atom is 0.385 e. The van der Waals surface area contributed by atoms with E-state index in [0.717, 1.165) is 30.6 Å². The number of nitrogens with zero attached hydrogens (tertiary/aromatic N) is 1. The van der Waals surface area contributed by atoms with Crippen molar-refractivity contribution in [1.82, 2.24) is 5.32 Å². The Morgan fingerprint density at radius 3 is 2.48 bits per heavy atom. The second-order valence-electron chi connectivity index (χ2n) is 7.36. The topological polar surface area (TPSA) is 66.7 Å². The highest BCUT2D eigenvalue weighted by atomic mass is 28.4. The van der Waals surface area contributed by atoms with E-state index in [-0.39, 0.29) is 0 Å². The van der Waals surface area contributed by atoms with Gasteiger partial charge in [0.05, 0.1) is 5.76 Å². The van der Waals surface area contributed by atoms with Crippen LogP contribution in [0.1, 0.15) is 18.9 Å². The number of nitrogens with one attached hydrogen (secondary N) is 2. The molecule has 0 bridgehead atoms. The quantitative estimate of drug-likeness (QED) is 0.139. The Labute approximate surface area is 166 Å². The minimum atomic E-state index is -2.34. The van der Waals surface area contributed by atoms with Gasteiger partial charge in [-0.2, -0.15) is 5.11 Å². The molecule has 1 atom stereocenters. The van der Waals surface area contributed by atoms with Crippen molar-refractivity contribution in [3.63, 3.8) is 0 Å². The van der Waals surface area contributed by atoms with Gasteiger partial charge in [-0.3, -0.25) is 0 Å². The molecule has 27 heavy (non-hydrogen) atoms. The Morgan fingerprint density at radius 2 is 1.93 bits per heavy atom. The predicted octanol–water partition coefficient (Wildman–Crippen LogP) is 6.03. The lowest BCUT2D eigenvalue weighted by Gasteiger charge is -2.35. The van der Waals surface area contributed by atoms with Crippen LogP contribution in [0, 0.1) is 5.53 Å². The van der Waals surface area contributed by atoms with Crippen molar-refractivity contribution in [3.8, 4) is 0 Å². The van der Waals surface area contributed by atoms with Gasteiger partial charge in [0, 0.05) is 24.4 Å². The first-order chi connectivity index (χ1) is 12.7. The lowest BCUT2D eigenvalue weighted by molar-refractivity contribution is 0.312.